The molecule has 1 aromatic carbocycles. The SMILES string of the molecule is Cn1c(C(F)(F)F)cc(=O)n(-c2ccc3c(c2)/C(=N/OCC2OCCO2)CCS3)c1=O. The summed E-state index contributed by atoms with van der Waals surface area (Å²) < 4.78 is 51.0. The van der Waals surface area contributed by atoms with Crippen LogP contribution < -0.4 is 11.2 Å². The van der Waals surface area contributed by atoms with Gasteiger partial charge in [-0.1, -0.05) is 5.16 Å². The van der Waals surface area contributed by atoms with E-state index in [0.29, 0.717) is 46.1 Å². The first kappa shape index (κ1) is 21.7. The van der Waals surface area contributed by atoms with Crippen LogP contribution in [0.15, 0.2) is 43.9 Å². The van der Waals surface area contributed by atoms with Gasteiger partial charge in [0.1, 0.15) is 5.69 Å². The number of fused-ring (bicyclic) bond motifs is 1. The normalized spacial score (nSPS) is 18.4. The molecule has 0 unspecified atom stereocenters. The maximum Gasteiger partial charge on any atom is 0.431 e. The van der Waals surface area contributed by atoms with Gasteiger partial charge in [-0.3, -0.25) is 9.36 Å². The molecule has 31 heavy (non-hydrogen) atoms. The molecule has 2 aliphatic rings. The van der Waals surface area contributed by atoms with Crippen molar-refractivity contribution >= 4 is 17.5 Å². The van der Waals surface area contributed by atoms with Crippen molar-refractivity contribution in [3.05, 3.63) is 56.4 Å². The molecule has 1 saturated heterocycles. The molecule has 0 spiro atoms. The molecule has 12 heteroatoms. The summed E-state index contributed by atoms with van der Waals surface area (Å²) in [5, 5.41) is 4.16. The first-order valence-electron chi connectivity index (χ1n) is 9.35. The summed E-state index contributed by atoms with van der Waals surface area (Å²) >= 11 is 1.57. The van der Waals surface area contributed by atoms with Gasteiger partial charge in [0.25, 0.3) is 5.56 Å². The predicted octanol–water partition coefficient (Wildman–Crippen LogP) is 2.14. The minimum atomic E-state index is -4.82. The number of aromatic nitrogens is 2. The van der Waals surface area contributed by atoms with E-state index in [9.17, 15) is 22.8 Å². The molecule has 3 heterocycles. The van der Waals surface area contributed by atoms with Gasteiger partial charge in [0, 0.05) is 35.7 Å². The van der Waals surface area contributed by atoms with E-state index in [0.717, 1.165) is 17.7 Å². The lowest BCUT2D eigenvalue weighted by Crippen LogP contribution is -2.40. The van der Waals surface area contributed by atoms with Gasteiger partial charge in [-0.25, -0.2) is 9.36 Å². The van der Waals surface area contributed by atoms with Crippen molar-refractivity contribution in [1.29, 1.82) is 0 Å². The second-order valence-electron chi connectivity index (χ2n) is 6.83. The van der Waals surface area contributed by atoms with Crippen LogP contribution in [0.1, 0.15) is 17.7 Å². The lowest BCUT2D eigenvalue weighted by atomic mass is 10.1. The summed E-state index contributed by atoms with van der Waals surface area (Å²) in [4.78, 5) is 31.2. The Bertz CT molecular complexity index is 1140. The molecule has 0 N–H and O–H groups in total. The summed E-state index contributed by atoms with van der Waals surface area (Å²) in [5.74, 6) is 0.757. The van der Waals surface area contributed by atoms with Crippen molar-refractivity contribution in [2.24, 2.45) is 12.2 Å². The molecule has 0 radical (unpaired) electrons. The van der Waals surface area contributed by atoms with Gasteiger partial charge < -0.3 is 14.3 Å². The van der Waals surface area contributed by atoms with E-state index in [1.54, 1.807) is 23.9 Å². The van der Waals surface area contributed by atoms with Crippen molar-refractivity contribution < 1.29 is 27.5 Å². The van der Waals surface area contributed by atoms with Gasteiger partial charge in [-0.15, -0.1) is 11.8 Å². The second-order valence-corrected chi connectivity index (χ2v) is 7.96. The Morgan fingerprint density at radius 3 is 2.68 bits per heavy atom. The fourth-order valence-corrected chi connectivity index (χ4v) is 4.32. The molecule has 166 valence electrons. The third-order valence-electron chi connectivity index (χ3n) is 4.82. The number of nitrogens with zero attached hydrogens (tertiary/aromatic N) is 3. The first-order chi connectivity index (χ1) is 14.8. The molecule has 4 rings (SSSR count). The number of alkyl halides is 3. The van der Waals surface area contributed by atoms with Gasteiger partial charge in [-0.05, 0) is 18.2 Å². The Kier molecular flexibility index (Phi) is 5.95. The maximum absolute atomic E-state index is 13.1. The third kappa shape index (κ3) is 4.41. The Labute approximate surface area is 178 Å². The topological polar surface area (TPSA) is 84.1 Å². The number of rotatable bonds is 4. The van der Waals surface area contributed by atoms with Crippen LogP contribution in [-0.4, -0.2) is 46.7 Å². The number of hydrogen-bond donors (Lipinski definition) is 0. The van der Waals surface area contributed by atoms with Crippen molar-refractivity contribution in [2.75, 3.05) is 25.6 Å². The zero-order valence-electron chi connectivity index (χ0n) is 16.3. The number of halogens is 3. The van der Waals surface area contributed by atoms with Gasteiger partial charge in [0.05, 0.1) is 24.6 Å². The molecular formula is C19H18F3N3O5S. The minimum Gasteiger partial charge on any atom is -0.390 e. The van der Waals surface area contributed by atoms with Crippen molar-refractivity contribution in [1.82, 2.24) is 9.13 Å². The summed E-state index contributed by atoms with van der Waals surface area (Å²) in [6, 6.07) is 5.19. The molecule has 0 aliphatic carbocycles. The highest BCUT2D eigenvalue weighted by Crippen LogP contribution is 2.32. The molecule has 0 bridgehead atoms. The number of hydrogen-bond acceptors (Lipinski definition) is 7. The number of benzene rings is 1. The lowest BCUT2D eigenvalue weighted by Gasteiger charge is -2.19. The summed E-state index contributed by atoms with van der Waals surface area (Å²) in [6.07, 6.45) is -4.72. The zero-order chi connectivity index (χ0) is 22.2. The van der Waals surface area contributed by atoms with Gasteiger partial charge >= 0.3 is 11.9 Å². The number of ether oxygens (including phenoxy) is 2. The first-order valence-corrected chi connectivity index (χ1v) is 10.3. The Morgan fingerprint density at radius 1 is 1.23 bits per heavy atom. The Morgan fingerprint density at radius 2 is 1.97 bits per heavy atom. The van der Waals surface area contributed by atoms with Crippen LogP contribution in [0.2, 0.25) is 0 Å². The Hall–Kier alpha value is -2.57. The van der Waals surface area contributed by atoms with Gasteiger partial charge in [0.15, 0.2) is 12.9 Å². The highest BCUT2D eigenvalue weighted by atomic mass is 32.2. The average Bonchev–Trinajstić information content (AvgIpc) is 3.24. The molecule has 8 nitrogen and oxygen atoms in total. The van der Waals surface area contributed by atoms with Crippen LogP contribution in [0.5, 0.6) is 0 Å². The molecule has 2 aromatic rings. The van der Waals surface area contributed by atoms with E-state index in [-0.39, 0.29) is 12.3 Å². The molecule has 0 saturated carbocycles. The van der Waals surface area contributed by atoms with Gasteiger partial charge in [0.2, 0.25) is 0 Å². The maximum atomic E-state index is 13.1. The smallest absolute Gasteiger partial charge is 0.390 e. The number of thioether (sulfide) groups is 1. The summed E-state index contributed by atoms with van der Waals surface area (Å²) in [7, 11) is 0.975. The average molecular weight is 457 g/mol. The quantitative estimate of drug-likeness (QED) is 0.655. The van der Waals surface area contributed by atoms with Crippen LogP contribution in [0.25, 0.3) is 5.69 Å². The number of oxime groups is 1. The minimum absolute atomic E-state index is 0.116. The van der Waals surface area contributed by atoms with Crippen molar-refractivity contribution in [3.8, 4) is 5.69 Å². The van der Waals surface area contributed by atoms with E-state index in [1.807, 2.05) is 0 Å². The van der Waals surface area contributed by atoms with Crippen molar-refractivity contribution in [2.45, 2.75) is 23.8 Å². The molecule has 2 aliphatic heterocycles. The molecule has 0 amide bonds. The molecule has 1 aromatic heterocycles. The fraction of sp³-hybridized carbons (Fsp3) is 0.421. The van der Waals surface area contributed by atoms with Crippen molar-refractivity contribution in [3.63, 3.8) is 0 Å². The largest absolute Gasteiger partial charge is 0.431 e. The monoisotopic (exact) mass is 457 g/mol. The van der Waals surface area contributed by atoms with E-state index in [2.05, 4.69) is 5.16 Å². The third-order valence-corrected chi connectivity index (χ3v) is 5.89. The van der Waals surface area contributed by atoms with Crippen LogP contribution >= 0.6 is 11.8 Å². The highest BCUT2D eigenvalue weighted by Gasteiger charge is 2.35. The van der Waals surface area contributed by atoms with Crippen LogP contribution in [0.4, 0.5) is 13.2 Å². The lowest BCUT2D eigenvalue weighted by molar-refractivity contribution is -0.144. The standard InChI is InChI=1S/C19H18F3N3O5S/c1-24-15(19(20,21)22)9-16(26)25(18(24)27)11-2-3-14-12(8-11)13(4-7-31-14)23-30-10-17-28-5-6-29-17/h2-3,8-9,17H,4-7,10H2,1H3/b23-13+. The summed E-state index contributed by atoms with van der Waals surface area (Å²) in [6.45, 7) is 1.10. The van der Waals surface area contributed by atoms with E-state index in [4.69, 9.17) is 14.3 Å². The summed E-state index contributed by atoms with van der Waals surface area (Å²) in [5.41, 5.74) is -2.06. The second kappa shape index (κ2) is 8.52. The van der Waals surface area contributed by atoms with Gasteiger partial charge in [-0.2, -0.15) is 13.2 Å². The van der Waals surface area contributed by atoms with Crippen LogP contribution in [-0.2, 0) is 27.5 Å². The molecule has 0 atom stereocenters. The zero-order valence-corrected chi connectivity index (χ0v) is 17.2. The van der Waals surface area contributed by atoms with E-state index < -0.39 is 29.4 Å². The van der Waals surface area contributed by atoms with E-state index >= 15 is 0 Å². The molecule has 1 fully saturated rings. The fourth-order valence-electron chi connectivity index (χ4n) is 3.31. The van der Waals surface area contributed by atoms with E-state index in [1.165, 1.54) is 6.07 Å². The Balaban J connectivity index is 1.70. The highest BCUT2D eigenvalue weighted by molar-refractivity contribution is 7.99. The van der Waals surface area contributed by atoms with Crippen LogP contribution in [0.3, 0.4) is 0 Å². The van der Waals surface area contributed by atoms with Crippen LogP contribution in [0, 0.1) is 0 Å². The molecular weight excluding hydrogens is 439 g/mol. The predicted molar refractivity (Wildman–Crippen MR) is 106 cm³/mol.